The second kappa shape index (κ2) is 10.0. The van der Waals surface area contributed by atoms with Crippen LogP contribution in [-0.2, 0) is 37.3 Å². The molecule has 1 aromatic heterocycles. The summed E-state index contributed by atoms with van der Waals surface area (Å²) in [5, 5.41) is 0. The van der Waals surface area contributed by atoms with Crippen molar-refractivity contribution in [2.24, 2.45) is 0 Å². The van der Waals surface area contributed by atoms with E-state index < -0.39 is 0 Å². The normalized spacial score (nSPS) is 15.3. The Labute approximate surface area is 206 Å². The standard InChI is InChI=1S/C28H32N4O3/c1-3-7-26-29-23-18-30(17-21-8-5-4-6-9-21)13-12-22(23)28(34)32(26)19-27(33)31-14-15-35-25-11-10-20(2)16-24(25)31/h4-6,8-11,16H,3,7,12-15,17-19H2,1-2H3. The molecule has 5 rings (SSSR count). The number of carbonyl (C=O) groups excluding carboxylic acids is 1. The molecule has 0 saturated carbocycles. The molecule has 1 amide bonds. The van der Waals surface area contributed by atoms with Gasteiger partial charge in [0.15, 0.2) is 0 Å². The maximum atomic E-state index is 13.6. The third-order valence-electron chi connectivity index (χ3n) is 6.77. The number of hydrogen-bond acceptors (Lipinski definition) is 5. The molecule has 3 heterocycles. The molecule has 0 fully saturated rings. The van der Waals surface area contributed by atoms with Crippen LogP contribution in [0.15, 0.2) is 53.3 Å². The van der Waals surface area contributed by atoms with Crippen LogP contribution in [0.2, 0.25) is 0 Å². The summed E-state index contributed by atoms with van der Waals surface area (Å²) in [5.74, 6) is 1.30. The Kier molecular flexibility index (Phi) is 6.68. The van der Waals surface area contributed by atoms with Crippen molar-refractivity contribution in [1.29, 1.82) is 0 Å². The van der Waals surface area contributed by atoms with E-state index in [0.717, 1.165) is 42.0 Å². The zero-order valence-corrected chi connectivity index (χ0v) is 20.5. The van der Waals surface area contributed by atoms with E-state index in [1.54, 1.807) is 9.47 Å². The molecule has 0 saturated heterocycles. The van der Waals surface area contributed by atoms with Gasteiger partial charge in [0.05, 0.1) is 17.9 Å². The van der Waals surface area contributed by atoms with Crippen LogP contribution in [0.1, 0.15) is 41.6 Å². The maximum Gasteiger partial charge on any atom is 0.257 e. The second-order valence-electron chi connectivity index (χ2n) is 9.41. The smallest absolute Gasteiger partial charge is 0.257 e. The first-order valence-electron chi connectivity index (χ1n) is 12.4. The van der Waals surface area contributed by atoms with E-state index in [4.69, 9.17) is 9.72 Å². The molecule has 0 bridgehead atoms. The van der Waals surface area contributed by atoms with Crippen LogP contribution in [-0.4, -0.2) is 40.1 Å². The van der Waals surface area contributed by atoms with Gasteiger partial charge >= 0.3 is 0 Å². The third-order valence-corrected chi connectivity index (χ3v) is 6.77. The van der Waals surface area contributed by atoms with E-state index in [9.17, 15) is 9.59 Å². The lowest BCUT2D eigenvalue weighted by molar-refractivity contribution is -0.119. The molecule has 2 aliphatic heterocycles. The molecule has 0 aliphatic carbocycles. The largest absolute Gasteiger partial charge is 0.490 e. The number of amides is 1. The lowest BCUT2D eigenvalue weighted by Crippen LogP contribution is -2.44. The molecule has 35 heavy (non-hydrogen) atoms. The van der Waals surface area contributed by atoms with Gasteiger partial charge in [-0.1, -0.05) is 43.3 Å². The van der Waals surface area contributed by atoms with Crippen molar-refractivity contribution >= 4 is 11.6 Å². The molecule has 7 heteroatoms. The Morgan fingerprint density at radius 3 is 2.74 bits per heavy atom. The average Bonchev–Trinajstić information content (AvgIpc) is 2.86. The lowest BCUT2D eigenvalue weighted by atomic mass is 10.0. The number of ether oxygens (including phenoxy) is 1. The van der Waals surface area contributed by atoms with Crippen molar-refractivity contribution in [3.63, 3.8) is 0 Å². The van der Waals surface area contributed by atoms with Gasteiger partial charge in [0.2, 0.25) is 5.91 Å². The maximum absolute atomic E-state index is 13.6. The number of aromatic nitrogens is 2. The zero-order valence-electron chi connectivity index (χ0n) is 20.5. The van der Waals surface area contributed by atoms with E-state index in [2.05, 4.69) is 36.1 Å². The van der Waals surface area contributed by atoms with Gasteiger partial charge < -0.3 is 9.64 Å². The zero-order chi connectivity index (χ0) is 24.4. The van der Waals surface area contributed by atoms with Crippen molar-refractivity contribution in [3.8, 4) is 5.75 Å². The molecular formula is C28H32N4O3. The van der Waals surface area contributed by atoms with Gasteiger partial charge in [0, 0.05) is 31.6 Å². The minimum Gasteiger partial charge on any atom is -0.490 e. The summed E-state index contributed by atoms with van der Waals surface area (Å²) in [4.78, 5) is 36.1. The van der Waals surface area contributed by atoms with E-state index >= 15 is 0 Å². The first kappa shape index (κ1) is 23.3. The van der Waals surface area contributed by atoms with Crippen LogP contribution in [0, 0.1) is 6.92 Å². The number of hydrogen-bond donors (Lipinski definition) is 0. The average molecular weight is 473 g/mol. The Morgan fingerprint density at radius 1 is 1.11 bits per heavy atom. The summed E-state index contributed by atoms with van der Waals surface area (Å²) in [7, 11) is 0. The van der Waals surface area contributed by atoms with E-state index in [-0.39, 0.29) is 18.0 Å². The number of fused-ring (bicyclic) bond motifs is 2. The van der Waals surface area contributed by atoms with Crippen LogP contribution in [0.5, 0.6) is 5.75 Å². The minimum absolute atomic E-state index is 0.00441. The SMILES string of the molecule is CCCc1nc2c(c(=O)n1CC(=O)N1CCOc3ccc(C)cc31)CCN(Cc1ccccc1)C2. The van der Waals surface area contributed by atoms with Gasteiger partial charge in [-0.2, -0.15) is 0 Å². The van der Waals surface area contributed by atoms with Gasteiger partial charge in [-0.05, 0) is 43.0 Å². The fourth-order valence-corrected chi connectivity index (χ4v) is 4.99. The molecular weight excluding hydrogens is 440 g/mol. The second-order valence-corrected chi connectivity index (χ2v) is 9.41. The van der Waals surface area contributed by atoms with Crippen molar-refractivity contribution in [3.05, 3.63) is 87.1 Å². The molecule has 0 radical (unpaired) electrons. The molecule has 0 N–H and O–H groups in total. The van der Waals surface area contributed by atoms with Gasteiger partial charge in [0.1, 0.15) is 24.7 Å². The first-order chi connectivity index (χ1) is 17.0. The highest BCUT2D eigenvalue weighted by Gasteiger charge is 2.27. The number of rotatable bonds is 6. The third kappa shape index (κ3) is 4.86. The van der Waals surface area contributed by atoms with Crippen LogP contribution < -0.4 is 15.2 Å². The topological polar surface area (TPSA) is 67.7 Å². The van der Waals surface area contributed by atoms with E-state index in [0.29, 0.717) is 44.1 Å². The van der Waals surface area contributed by atoms with Crippen molar-refractivity contribution < 1.29 is 9.53 Å². The van der Waals surface area contributed by atoms with Crippen molar-refractivity contribution in [2.45, 2.75) is 52.7 Å². The van der Waals surface area contributed by atoms with Gasteiger partial charge in [-0.3, -0.25) is 19.1 Å². The first-order valence-corrected chi connectivity index (χ1v) is 12.4. The number of benzene rings is 2. The van der Waals surface area contributed by atoms with Crippen LogP contribution in [0.3, 0.4) is 0 Å². The Hall–Kier alpha value is -3.45. The number of anilines is 1. The highest BCUT2D eigenvalue weighted by molar-refractivity contribution is 5.95. The quantitative estimate of drug-likeness (QED) is 0.550. The Balaban J connectivity index is 1.41. The minimum atomic E-state index is -0.108. The highest BCUT2D eigenvalue weighted by atomic mass is 16.5. The van der Waals surface area contributed by atoms with Crippen molar-refractivity contribution in [1.82, 2.24) is 14.5 Å². The number of nitrogens with zero attached hydrogens (tertiary/aromatic N) is 4. The molecule has 7 nitrogen and oxygen atoms in total. The molecule has 0 spiro atoms. The predicted octanol–water partition coefficient (Wildman–Crippen LogP) is 3.49. The Bertz CT molecular complexity index is 1290. The number of aryl methyl sites for hydroxylation is 2. The fourth-order valence-electron chi connectivity index (χ4n) is 4.99. The highest BCUT2D eigenvalue weighted by Crippen LogP contribution is 2.32. The summed E-state index contributed by atoms with van der Waals surface area (Å²) < 4.78 is 7.36. The summed E-state index contributed by atoms with van der Waals surface area (Å²) in [6.45, 7) is 7.27. The lowest BCUT2D eigenvalue weighted by Gasteiger charge is -2.31. The van der Waals surface area contributed by atoms with E-state index in [1.165, 1.54) is 5.56 Å². The summed E-state index contributed by atoms with van der Waals surface area (Å²) in [5.41, 5.74) is 4.63. The van der Waals surface area contributed by atoms with Crippen molar-refractivity contribution in [2.75, 3.05) is 24.6 Å². The van der Waals surface area contributed by atoms with Gasteiger partial charge in [-0.15, -0.1) is 0 Å². The van der Waals surface area contributed by atoms with Crippen LogP contribution >= 0.6 is 0 Å². The van der Waals surface area contributed by atoms with E-state index in [1.807, 2.05) is 31.2 Å². The summed E-state index contributed by atoms with van der Waals surface area (Å²) >= 11 is 0. The fraction of sp³-hybridized carbons (Fsp3) is 0.393. The molecule has 0 atom stereocenters. The van der Waals surface area contributed by atoms with Crippen LogP contribution in [0.4, 0.5) is 5.69 Å². The monoisotopic (exact) mass is 472 g/mol. The molecule has 3 aromatic rings. The van der Waals surface area contributed by atoms with Crippen LogP contribution in [0.25, 0.3) is 0 Å². The summed E-state index contributed by atoms with van der Waals surface area (Å²) in [6, 6.07) is 16.2. The summed E-state index contributed by atoms with van der Waals surface area (Å²) in [6.07, 6.45) is 2.16. The molecule has 2 aromatic carbocycles. The predicted molar refractivity (Wildman–Crippen MR) is 136 cm³/mol. The van der Waals surface area contributed by atoms with Gasteiger partial charge in [0.25, 0.3) is 5.56 Å². The molecule has 0 unspecified atom stereocenters. The molecule has 2 aliphatic rings. The Morgan fingerprint density at radius 2 is 1.94 bits per heavy atom. The van der Waals surface area contributed by atoms with Gasteiger partial charge in [-0.25, -0.2) is 4.98 Å². The number of carbonyl (C=O) groups is 1. The molecule has 182 valence electrons.